The lowest BCUT2D eigenvalue weighted by molar-refractivity contribution is 0.0979. The zero-order valence-corrected chi connectivity index (χ0v) is 11.6. The summed E-state index contributed by atoms with van der Waals surface area (Å²) in [6, 6.07) is 3.90. The fourth-order valence-electron chi connectivity index (χ4n) is 3.54. The molecule has 0 N–H and O–H groups in total. The summed E-state index contributed by atoms with van der Waals surface area (Å²) in [5.41, 5.74) is 0. The molecular formula is C15H21NOS. The number of carbonyl (C=O) groups excluding carboxylic acids is 1. The van der Waals surface area contributed by atoms with Gasteiger partial charge < -0.3 is 4.90 Å². The van der Waals surface area contributed by atoms with Gasteiger partial charge in [0.15, 0.2) is 5.78 Å². The number of likely N-dealkylation sites (tertiary alicyclic amines) is 1. The Morgan fingerprint density at radius 2 is 2.11 bits per heavy atom. The maximum Gasteiger partial charge on any atom is 0.172 e. The number of fused-ring (bicyclic) bond motifs is 1. The predicted octanol–water partition coefficient (Wildman–Crippen LogP) is 3.44. The highest BCUT2D eigenvalue weighted by Crippen LogP contribution is 2.37. The molecule has 2 unspecified atom stereocenters. The van der Waals surface area contributed by atoms with E-state index in [0.29, 0.717) is 12.2 Å². The van der Waals surface area contributed by atoms with Crippen LogP contribution in [0.4, 0.5) is 0 Å². The van der Waals surface area contributed by atoms with E-state index in [2.05, 4.69) is 4.90 Å². The Morgan fingerprint density at radius 1 is 1.33 bits per heavy atom. The molecule has 1 aromatic rings. The van der Waals surface area contributed by atoms with Crippen LogP contribution in [-0.4, -0.2) is 30.3 Å². The highest BCUT2D eigenvalue weighted by Gasteiger charge is 2.35. The van der Waals surface area contributed by atoms with Gasteiger partial charge in [-0.3, -0.25) is 4.79 Å². The Bertz CT molecular complexity index is 389. The second-order valence-corrected chi connectivity index (χ2v) is 6.66. The number of rotatable bonds is 5. The summed E-state index contributed by atoms with van der Waals surface area (Å²) in [4.78, 5) is 15.4. The zero-order valence-electron chi connectivity index (χ0n) is 10.8. The predicted molar refractivity (Wildman–Crippen MR) is 75.2 cm³/mol. The van der Waals surface area contributed by atoms with Gasteiger partial charge in [-0.25, -0.2) is 0 Å². The molecule has 3 heteroatoms. The van der Waals surface area contributed by atoms with E-state index in [1.54, 1.807) is 11.3 Å². The summed E-state index contributed by atoms with van der Waals surface area (Å²) in [5.74, 6) is 2.26. The average molecular weight is 263 g/mol. The minimum absolute atomic E-state index is 0.324. The number of carbonyl (C=O) groups is 1. The van der Waals surface area contributed by atoms with Gasteiger partial charge in [0.25, 0.3) is 0 Å². The van der Waals surface area contributed by atoms with Crippen molar-refractivity contribution < 1.29 is 4.79 Å². The van der Waals surface area contributed by atoms with Gasteiger partial charge in [-0.2, -0.15) is 0 Å². The van der Waals surface area contributed by atoms with E-state index in [0.717, 1.165) is 29.7 Å². The highest BCUT2D eigenvalue weighted by atomic mass is 32.1. The van der Waals surface area contributed by atoms with E-state index in [1.807, 2.05) is 17.5 Å². The first-order chi connectivity index (χ1) is 8.83. The van der Waals surface area contributed by atoms with Gasteiger partial charge in [0, 0.05) is 19.5 Å². The van der Waals surface area contributed by atoms with E-state index in [-0.39, 0.29) is 0 Å². The van der Waals surface area contributed by atoms with Crippen molar-refractivity contribution in [3.05, 3.63) is 22.4 Å². The lowest BCUT2D eigenvalue weighted by Gasteiger charge is -2.15. The zero-order chi connectivity index (χ0) is 12.4. The van der Waals surface area contributed by atoms with E-state index in [1.165, 1.54) is 32.4 Å². The van der Waals surface area contributed by atoms with E-state index < -0.39 is 0 Å². The number of hydrogen-bond acceptors (Lipinski definition) is 3. The number of hydrogen-bond donors (Lipinski definition) is 0. The van der Waals surface area contributed by atoms with Gasteiger partial charge in [-0.05, 0) is 49.1 Å². The summed E-state index contributed by atoms with van der Waals surface area (Å²) >= 11 is 1.56. The van der Waals surface area contributed by atoms with E-state index >= 15 is 0 Å². The Kier molecular flexibility index (Phi) is 3.80. The molecule has 0 bridgehead atoms. The molecule has 2 aliphatic rings. The minimum Gasteiger partial charge on any atom is -0.303 e. The third-order valence-electron chi connectivity index (χ3n) is 4.48. The summed E-state index contributed by atoms with van der Waals surface area (Å²) in [5, 5.41) is 1.98. The standard InChI is InChI=1S/C15H21NOS/c17-14(15-7-3-9-18-15)6-2-8-16-10-12-4-1-5-13(12)11-16/h3,7,9,12-13H,1-2,4-6,8,10-11H2. The van der Waals surface area contributed by atoms with Crippen molar-refractivity contribution in [3.8, 4) is 0 Å². The molecule has 18 heavy (non-hydrogen) atoms. The molecule has 2 heterocycles. The lowest BCUT2D eigenvalue weighted by atomic mass is 10.0. The maximum absolute atomic E-state index is 11.9. The first kappa shape index (κ1) is 12.4. The van der Waals surface area contributed by atoms with E-state index in [4.69, 9.17) is 0 Å². The monoisotopic (exact) mass is 263 g/mol. The number of Topliss-reactive ketones (excluding diaryl/α,β-unsaturated/α-hetero) is 1. The summed E-state index contributed by atoms with van der Waals surface area (Å²) < 4.78 is 0. The highest BCUT2D eigenvalue weighted by molar-refractivity contribution is 7.12. The van der Waals surface area contributed by atoms with Crippen LogP contribution >= 0.6 is 11.3 Å². The molecule has 2 nitrogen and oxygen atoms in total. The molecule has 2 atom stereocenters. The minimum atomic E-state index is 0.324. The third kappa shape index (κ3) is 2.67. The fraction of sp³-hybridized carbons (Fsp3) is 0.667. The van der Waals surface area contributed by atoms with Crippen LogP contribution in [-0.2, 0) is 0 Å². The van der Waals surface area contributed by atoms with Crippen molar-refractivity contribution in [3.63, 3.8) is 0 Å². The van der Waals surface area contributed by atoms with Gasteiger partial charge in [-0.15, -0.1) is 11.3 Å². The lowest BCUT2D eigenvalue weighted by Crippen LogP contribution is -2.23. The van der Waals surface area contributed by atoms with Crippen LogP contribution in [0.3, 0.4) is 0 Å². The average Bonchev–Trinajstić information content (AvgIpc) is 3.05. The molecule has 1 aromatic heterocycles. The molecule has 1 saturated heterocycles. The number of thiophene rings is 1. The van der Waals surface area contributed by atoms with Crippen LogP contribution in [0.2, 0.25) is 0 Å². The summed E-state index contributed by atoms with van der Waals surface area (Å²) in [7, 11) is 0. The molecule has 1 saturated carbocycles. The second-order valence-electron chi connectivity index (χ2n) is 5.71. The summed E-state index contributed by atoms with van der Waals surface area (Å²) in [6.07, 6.45) is 6.06. The van der Waals surface area contributed by atoms with Crippen LogP contribution in [0.5, 0.6) is 0 Å². The van der Waals surface area contributed by atoms with Gasteiger partial charge in [0.1, 0.15) is 0 Å². The van der Waals surface area contributed by atoms with E-state index in [9.17, 15) is 4.79 Å². The molecule has 0 radical (unpaired) electrons. The van der Waals surface area contributed by atoms with Gasteiger partial charge in [0.05, 0.1) is 4.88 Å². The Balaban J connectivity index is 1.39. The van der Waals surface area contributed by atoms with Crippen molar-refractivity contribution in [2.45, 2.75) is 32.1 Å². The molecule has 98 valence electrons. The largest absolute Gasteiger partial charge is 0.303 e. The quantitative estimate of drug-likeness (QED) is 0.758. The van der Waals surface area contributed by atoms with Crippen molar-refractivity contribution >= 4 is 17.1 Å². The molecule has 0 spiro atoms. The Labute approximate surface area is 113 Å². The van der Waals surface area contributed by atoms with Crippen molar-refractivity contribution in [2.75, 3.05) is 19.6 Å². The Hall–Kier alpha value is -0.670. The first-order valence-electron chi connectivity index (χ1n) is 7.12. The van der Waals surface area contributed by atoms with Gasteiger partial charge in [-0.1, -0.05) is 12.5 Å². The normalized spacial score (nSPS) is 27.6. The maximum atomic E-state index is 11.9. The van der Waals surface area contributed by atoms with Crippen LogP contribution < -0.4 is 0 Å². The molecule has 3 rings (SSSR count). The topological polar surface area (TPSA) is 20.3 Å². The smallest absolute Gasteiger partial charge is 0.172 e. The van der Waals surface area contributed by atoms with Crippen molar-refractivity contribution in [1.29, 1.82) is 0 Å². The summed E-state index contributed by atoms with van der Waals surface area (Å²) in [6.45, 7) is 3.69. The second kappa shape index (κ2) is 5.54. The van der Waals surface area contributed by atoms with Gasteiger partial charge >= 0.3 is 0 Å². The molecular weight excluding hydrogens is 242 g/mol. The SMILES string of the molecule is O=C(CCCN1CC2CCCC2C1)c1cccs1. The van der Waals surface area contributed by atoms with Crippen molar-refractivity contribution in [2.24, 2.45) is 11.8 Å². The first-order valence-corrected chi connectivity index (χ1v) is 8.00. The van der Waals surface area contributed by atoms with Crippen LogP contribution in [0.25, 0.3) is 0 Å². The molecule has 1 aliphatic carbocycles. The molecule has 0 aromatic carbocycles. The van der Waals surface area contributed by atoms with Crippen LogP contribution in [0, 0.1) is 11.8 Å². The van der Waals surface area contributed by atoms with Crippen molar-refractivity contribution in [1.82, 2.24) is 4.90 Å². The number of nitrogens with zero attached hydrogens (tertiary/aromatic N) is 1. The third-order valence-corrected chi connectivity index (χ3v) is 5.39. The van der Waals surface area contributed by atoms with Crippen LogP contribution in [0.15, 0.2) is 17.5 Å². The van der Waals surface area contributed by atoms with Crippen LogP contribution in [0.1, 0.15) is 41.8 Å². The van der Waals surface area contributed by atoms with Gasteiger partial charge in [0.2, 0.25) is 0 Å². The molecule has 1 aliphatic heterocycles. The fourth-order valence-corrected chi connectivity index (χ4v) is 4.23. The number of ketones is 1. The molecule has 0 amide bonds. The molecule has 2 fully saturated rings. The Morgan fingerprint density at radius 3 is 2.78 bits per heavy atom.